The van der Waals surface area contributed by atoms with E-state index in [9.17, 15) is 0 Å². The molecule has 2 heteroatoms. The maximum absolute atomic E-state index is 3.57. The monoisotopic (exact) mass is 204 g/mol. The summed E-state index contributed by atoms with van der Waals surface area (Å²) in [4.78, 5) is 0. The van der Waals surface area contributed by atoms with E-state index in [1.54, 1.807) is 5.56 Å². The van der Waals surface area contributed by atoms with Gasteiger partial charge in [-0.2, -0.15) is 0 Å². The molecule has 0 spiro atoms. The Morgan fingerprint density at radius 3 is 3.13 bits per heavy atom. The van der Waals surface area contributed by atoms with E-state index in [4.69, 9.17) is 0 Å². The molecule has 0 bridgehead atoms. The van der Waals surface area contributed by atoms with Crippen LogP contribution in [0.1, 0.15) is 23.6 Å². The highest BCUT2D eigenvalue weighted by atomic mass is 15.0. The van der Waals surface area contributed by atoms with Gasteiger partial charge in [0.05, 0.1) is 0 Å². The van der Waals surface area contributed by atoms with E-state index in [2.05, 4.69) is 42.7 Å². The molecule has 82 valence electrons. The lowest BCUT2D eigenvalue weighted by Gasteiger charge is -2.27. The van der Waals surface area contributed by atoms with Crippen molar-refractivity contribution in [2.75, 3.05) is 13.1 Å². The minimum Gasteiger partial charge on any atom is -0.315 e. The maximum atomic E-state index is 3.57. The van der Waals surface area contributed by atoms with Gasteiger partial charge in [0.25, 0.3) is 0 Å². The standard InChI is InChI=1S/C13H20N2/c1-3-14-9-12-7-13-10(2)5-4-6-11(13)8-15-12/h4-6,12,14-15H,3,7-9H2,1-2H3. The molecule has 1 aromatic rings. The number of benzene rings is 1. The van der Waals surface area contributed by atoms with Crippen LogP contribution in [0.3, 0.4) is 0 Å². The predicted molar refractivity (Wildman–Crippen MR) is 64.1 cm³/mol. The molecular weight excluding hydrogens is 184 g/mol. The predicted octanol–water partition coefficient (Wildman–Crippen LogP) is 1.62. The first-order chi connectivity index (χ1) is 7.31. The van der Waals surface area contributed by atoms with Gasteiger partial charge in [-0.1, -0.05) is 25.1 Å². The van der Waals surface area contributed by atoms with E-state index >= 15 is 0 Å². The molecule has 1 aliphatic rings. The van der Waals surface area contributed by atoms with Gasteiger partial charge in [-0.15, -0.1) is 0 Å². The number of likely N-dealkylation sites (N-methyl/N-ethyl adjacent to an activating group) is 1. The van der Waals surface area contributed by atoms with Gasteiger partial charge >= 0.3 is 0 Å². The van der Waals surface area contributed by atoms with Crippen LogP contribution in [0.5, 0.6) is 0 Å². The SMILES string of the molecule is CCNCC1Cc2c(C)cccc2CN1. The Bertz CT molecular complexity index is 333. The van der Waals surface area contributed by atoms with Crippen molar-refractivity contribution in [1.29, 1.82) is 0 Å². The maximum Gasteiger partial charge on any atom is 0.0236 e. The van der Waals surface area contributed by atoms with E-state index < -0.39 is 0 Å². The van der Waals surface area contributed by atoms with Crippen LogP contribution in [-0.4, -0.2) is 19.1 Å². The van der Waals surface area contributed by atoms with Gasteiger partial charge in [-0.05, 0) is 36.6 Å². The Morgan fingerprint density at radius 2 is 2.33 bits per heavy atom. The zero-order valence-electron chi connectivity index (χ0n) is 9.64. The summed E-state index contributed by atoms with van der Waals surface area (Å²) in [6.45, 7) is 7.52. The first kappa shape index (κ1) is 10.7. The van der Waals surface area contributed by atoms with Crippen molar-refractivity contribution in [3.05, 3.63) is 34.9 Å². The van der Waals surface area contributed by atoms with Crippen LogP contribution in [0.15, 0.2) is 18.2 Å². The second-order valence-corrected chi connectivity index (χ2v) is 4.30. The molecule has 0 aromatic heterocycles. The molecule has 0 aliphatic carbocycles. The topological polar surface area (TPSA) is 24.1 Å². The lowest BCUT2D eigenvalue weighted by molar-refractivity contribution is 0.452. The fraction of sp³-hybridized carbons (Fsp3) is 0.538. The van der Waals surface area contributed by atoms with Gasteiger partial charge in [-0.3, -0.25) is 0 Å². The first-order valence-corrected chi connectivity index (χ1v) is 5.82. The van der Waals surface area contributed by atoms with Crippen molar-refractivity contribution in [3.63, 3.8) is 0 Å². The molecule has 15 heavy (non-hydrogen) atoms. The van der Waals surface area contributed by atoms with Crippen LogP contribution < -0.4 is 10.6 Å². The van der Waals surface area contributed by atoms with Crippen LogP contribution in [0, 0.1) is 6.92 Å². The Morgan fingerprint density at radius 1 is 1.47 bits per heavy atom. The van der Waals surface area contributed by atoms with E-state index in [1.807, 2.05) is 0 Å². The highest BCUT2D eigenvalue weighted by molar-refractivity contribution is 5.36. The Hall–Kier alpha value is -0.860. The molecule has 1 aliphatic heterocycles. The molecule has 1 atom stereocenters. The van der Waals surface area contributed by atoms with E-state index in [-0.39, 0.29) is 0 Å². The summed E-state index contributed by atoms with van der Waals surface area (Å²) in [6.07, 6.45) is 1.16. The Kier molecular flexibility index (Phi) is 3.39. The van der Waals surface area contributed by atoms with Gasteiger partial charge in [-0.25, -0.2) is 0 Å². The van der Waals surface area contributed by atoms with Crippen molar-refractivity contribution < 1.29 is 0 Å². The third-order valence-corrected chi connectivity index (χ3v) is 3.18. The van der Waals surface area contributed by atoms with E-state index in [0.717, 1.165) is 26.1 Å². The van der Waals surface area contributed by atoms with Gasteiger partial charge < -0.3 is 10.6 Å². The summed E-state index contributed by atoms with van der Waals surface area (Å²) >= 11 is 0. The van der Waals surface area contributed by atoms with Crippen LogP contribution in [0.25, 0.3) is 0 Å². The van der Waals surface area contributed by atoms with Crippen LogP contribution in [0.2, 0.25) is 0 Å². The second kappa shape index (κ2) is 4.77. The fourth-order valence-electron chi connectivity index (χ4n) is 2.26. The summed E-state index contributed by atoms with van der Waals surface area (Å²) in [5.41, 5.74) is 4.47. The van der Waals surface area contributed by atoms with Crippen LogP contribution >= 0.6 is 0 Å². The third kappa shape index (κ3) is 2.39. The third-order valence-electron chi connectivity index (χ3n) is 3.18. The van der Waals surface area contributed by atoms with E-state index in [0.29, 0.717) is 6.04 Å². The lowest BCUT2D eigenvalue weighted by atomic mass is 9.92. The highest BCUT2D eigenvalue weighted by Crippen LogP contribution is 2.19. The highest BCUT2D eigenvalue weighted by Gasteiger charge is 2.18. The molecular formula is C13H20N2. The zero-order valence-corrected chi connectivity index (χ0v) is 9.64. The smallest absolute Gasteiger partial charge is 0.0236 e. The van der Waals surface area contributed by atoms with Crippen molar-refractivity contribution in [3.8, 4) is 0 Å². The molecule has 0 amide bonds. The Balaban J connectivity index is 2.08. The largest absolute Gasteiger partial charge is 0.315 e. The zero-order chi connectivity index (χ0) is 10.7. The minimum atomic E-state index is 0.596. The summed E-state index contributed by atoms with van der Waals surface area (Å²) in [5.74, 6) is 0. The van der Waals surface area contributed by atoms with Gasteiger partial charge in [0, 0.05) is 19.1 Å². The molecule has 1 heterocycles. The number of aryl methyl sites for hydroxylation is 1. The average Bonchev–Trinajstić information content (AvgIpc) is 2.27. The summed E-state index contributed by atoms with van der Waals surface area (Å²) < 4.78 is 0. The van der Waals surface area contributed by atoms with Gasteiger partial charge in [0.15, 0.2) is 0 Å². The van der Waals surface area contributed by atoms with Gasteiger partial charge in [0.2, 0.25) is 0 Å². The quantitative estimate of drug-likeness (QED) is 0.782. The molecule has 2 nitrogen and oxygen atoms in total. The van der Waals surface area contributed by atoms with Crippen molar-refractivity contribution in [1.82, 2.24) is 10.6 Å². The van der Waals surface area contributed by atoms with Crippen LogP contribution in [0.4, 0.5) is 0 Å². The Labute approximate surface area is 92.1 Å². The lowest BCUT2D eigenvalue weighted by Crippen LogP contribution is -2.43. The minimum absolute atomic E-state index is 0.596. The summed E-state index contributed by atoms with van der Waals surface area (Å²) in [6, 6.07) is 7.20. The molecule has 2 N–H and O–H groups in total. The molecule has 0 fully saturated rings. The molecule has 1 aromatic carbocycles. The molecule has 2 rings (SSSR count). The molecule has 1 unspecified atom stereocenters. The summed E-state index contributed by atoms with van der Waals surface area (Å²) in [5, 5.41) is 6.98. The number of rotatable bonds is 3. The average molecular weight is 204 g/mol. The number of fused-ring (bicyclic) bond motifs is 1. The number of hydrogen-bond acceptors (Lipinski definition) is 2. The van der Waals surface area contributed by atoms with Crippen LogP contribution in [-0.2, 0) is 13.0 Å². The summed E-state index contributed by atoms with van der Waals surface area (Å²) in [7, 11) is 0. The number of hydrogen-bond donors (Lipinski definition) is 2. The van der Waals surface area contributed by atoms with Crippen molar-refractivity contribution >= 4 is 0 Å². The fourth-order valence-corrected chi connectivity index (χ4v) is 2.26. The van der Waals surface area contributed by atoms with Crippen molar-refractivity contribution in [2.24, 2.45) is 0 Å². The van der Waals surface area contributed by atoms with E-state index in [1.165, 1.54) is 11.1 Å². The number of nitrogens with one attached hydrogen (secondary N) is 2. The second-order valence-electron chi connectivity index (χ2n) is 4.30. The van der Waals surface area contributed by atoms with Crippen molar-refractivity contribution in [2.45, 2.75) is 32.9 Å². The molecule has 0 saturated heterocycles. The first-order valence-electron chi connectivity index (χ1n) is 5.82. The van der Waals surface area contributed by atoms with Gasteiger partial charge in [0.1, 0.15) is 0 Å². The molecule has 0 radical (unpaired) electrons. The normalized spacial score (nSPS) is 20.0. The molecule has 0 saturated carbocycles.